The number of hydrogen-bond acceptors (Lipinski definition) is 4. The van der Waals surface area contributed by atoms with E-state index in [1.165, 1.54) is 0 Å². The zero-order valence-corrected chi connectivity index (χ0v) is 14.5. The Morgan fingerprint density at radius 1 is 1.36 bits per heavy atom. The van der Waals surface area contributed by atoms with Gasteiger partial charge in [-0.2, -0.15) is 0 Å². The van der Waals surface area contributed by atoms with E-state index >= 15 is 0 Å². The maximum atomic E-state index is 12.3. The molecule has 2 aromatic rings. The van der Waals surface area contributed by atoms with Crippen LogP contribution in [0.5, 0.6) is 0 Å². The van der Waals surface area contributed by atoms with Crippen LogP contribution in [-0.4, -0.2) is 19.3 Å². The van der Waals surface area contributed by atoms with E-state index in [9.17, 15) is 4.55 Å². The molecule has 0 fully saturated rings. The third kappa shape index (κ3) is 3.63. The summed E-state index contributed by atoms with van der Waals surface area (Å²) in [5, 5.41) is 0. The van der Waals surface area contributed by atoms with Gasteiger partial charge in [-0.25, -0.2) is 4.98 Å². The molecule has 0 aliphatic heterocycles. The highest BCUT2D eigenvalue weighted by Crippen LogP contribution is 2.32. The number of benzene rings is 1. The van der Waals surface area contributed by atoms with Gasteiger partial charge in [0.1, 0.15) is 10.6 Å². The van der Waals surface area contributed by atoms with Gasteiger partial charge >= 0.3 is 0 Å². The summed E-state index contributed by atoms with van der Waals surface area (Å²) in [5.41, 5.74) is 9.88. The van der Waals surface area contributed by atoms with Crippen LogP contribution in [0.4, 0.5) is 5.69 Å². The fourth-order valence-corrected chi connectivity index (χ4v) is 2.99. The average molecular weight is 320 g/mol. The van der Waals surface area contributed by atoms with Gasteiger partial charge in [-0.05, 0) is 51.8 Å². The Bertz CT molecular complexity index is 634. The molecular formula is C16H24N4OS. The summed E-state index contributed by atoms with van der Waals surface area (Å²) in [6, 6.07) is 3.92. The highest BCUT2D eigenvalue weighted by atomic mass is 32.2. The normalized spacial score (nSPS) is 14.8. The van der Waals surface area contributed by atoms with Gasteiger partial charge in [0.15, 0.2) is 0 Å². The van der Waals surface area contributed by atoms with Crippen molar-refractivity contribution in [2.75, 3.05) is 5.73 Å². The van der Waals surface area contributed by atoms with Gasteiger partial charge in [-0.15, -0.1) is 4.72 Å². The molecule has 120 valence electrons. The number of nitrogen functional groups attached to an aromatic ring is 1. The van der Waals surface area contributed by atoms with Crippen molar-refractivity contribution in [1.29, 1.82) is 0 Å². The Balaban J connectivity index is 2.35. The molecule has 0 saturated heterocycles. The van der Waals surface area contributed by atoms with Gasteiger partial charge in [-0.1, -0.05) is 6.07 Å². The Labute approximate surface area is 135 Å². The summed E-state index contributed by atoms with van der Waals surface area (Å²) in [4.78, 5) is 7.35. The largest absolute Gasteiger partial charge is 0.598 e. The molecule has 0 saturated carbocycles. The van der Waals surface area contributed by atoms with Crippen molar-refractivity contribution in [3.05, 3.63) is 35.7 Å². The molecule has 5 nitrogen and oxygen atoms in total. The number of rotatable bonds is 4. The molecule has 4 N–H and O–H groups in total. The highest BCUT2D eigenvalue weighted by molar-refractivity contribution is 7.90. The van der Waals surface area contributed by atoms with E-state index in [1.54, 1.807) is 12.4 Å². The SMILES string of the molecule is Cc1cc(-c2ncc[nH]2)c(N)c(C(C)N[S@+]([O-])C(C)(C)C)c1. The van der Waals surface area contributed by atoms with Gasteiger partial charge in [0.25, 0.3) is 0 Å². The maximum absolute atomic E-state index is 12.3. The third-order valence-electron chi connectivity index (χ3n) is 3.42. The Morgan fingerprint density at radius 3 is 2.59 bits per heavy atom. The summed E-state index contributed by atoms with van der Waals surface area (Å²) in [5.74, 6) is 0.742. The molecule has 0 aliphatic carbocycles. The third-order valence-corrected chi connectivity index (χ3v) is 5.10. The highest BCUT2D eigenvalue weighted by Gasteiger charge is 2.29. The molecule has 1 aromatic carbocycles. The van der Waals surface area contributed by atoms with Crippen molar-refractivity contribution in [2.24, 2.45) is 0 Å². The number of H-pyrrole nitrogens is 1. The van der Waals surface area contributed by atoms with Gasteiger partial charge in [0.2, 0.25) is 0 Å². The number of anilines is 1. The lowest BCUT2D eigenvalue weighted by molar-refractivity contribution is 0.531. The van der Waals surface area contributed by atoms with E-state index in [2.05, 4.69) is 14.7 Å². The Morgan fingerprint density at radius 2 is 2.05 bits per heavy atom. The first kappa shape index (κ1) is 16.9. The second-order valence-corrected chi connectivity index (χ2v) is 8.47. The summed E-state index contributed by atoms with van der Waals surface area (Å²) in [6.45, 7) is 9.81. The minimum Gasteiger partial charge on any atom is -0.598 e. The number of nitrogens with one attached hydrogen (secondary N) is 2. The predicted molar refractivity (Wildman–Crippen MR) is 92.6 cm³/mol. The molecule has 22 heavy (non-hydrogen) atoms. The molecule has 0 bridgehead atoms. The van der Waals surface area contributed by atoms with E-state index < -0.39 is 11.4 Å². The molecule has 0 radical (unpaired) electrons. The van der Waals surface area contributed by atoms with Crippen LogP contribution in [0.1, 0.15) is 44.9 Å². The van der Waals surface area contributed by atoms with E-state index in [0.717, 1.165) is 22.5 Å². The Kier molecular flexibility index (Phi) is 4.84. The lowest BCUT2D eigenvalue weighted by atomic mass is 9.99. The molecule has 0 amide bonds. The topological polar surface area (TPSA) is 89.8 Å². The average Bonchev–Trinajstić information content (AvgIpc) is 2.93. The molecule has 6 heteroatoms. The molecule has 1 unspecified atom stereocenters. The predicted octanol–water partition coefficient (Wildman–Crippen LogP) is 3.08. The molecular weight excluding hydrogens is 296 g/mol. The molecule has 1 heterocycles. The molecule has 0 aliphatic rings. The van der Waals surface area contributed by atoms with Crippen LogP contribution in [0.2, 0.25) is 0 Å². The van der Waals surface area contributed by atoms with Crippen LogP contribution in [0.3, 0.4) is 0 Å². The summed E-state index contributed by atoms with van der Waals surface area (Å²) in [7, 11) is 0. The van der Waals surface area contributed by atoms with Crippen LogP contribution in [0.25, 0.3) is 11.4 Å². The number of aryl methyl sites for hydroxylation is 1. The van der Waals surface area contributed by atoms with E-state index in [1.807, 2.05) is 46.8 Å². The monoisotopic (exact) mass is 320 g/mol. The minimum absolute atomic E-state index is 0.117. The van der Waals surface area contributed by atoms with Crippen LogP contribution in [0.15, 0.2) is 24.5 Å². The number of aromatic amines is 1. The van der Waals surface area contributed by atoms with E-state index in [4.69, 9.17) is 5.73 Å². The maximum Gasteiger partial charge on any atom is 0.139 e. The van der Waals surface area contributed by atoms with Gasteiger partial charge in [0, 0.05) is 35.0 Å². The van der Waals surface area contributed by atoms with Gasteiger partial charge < -0.3 is 15.3 Å². The molecule has 0 spiro atoms. The van der Waals surface area contributed by atoms with Crippen LogP contribution >= 0.6 is 0 Å². The number of hydrogen-bond donors (Lipinski definition) is 3. The lowest BCUT2D eigenvalue weighted by Crippen LogP contribution is -2.40. The smallest absolute Gasteiger partial charge is 0.139 e. The number of nitrogens with zero attached hydrogens (tertiary/aromatic N) is 1. The first-order chi connectivity index (χ1) is 10.2. The van der Waals surface area contributed by atoms with E-state index in [0.29, 0.717) is 5.69 Å². The zero-order chi connectivity index (χ0) is 16.5. The first-order valence-electron chi connectivity index (χ1n) is 7.28. The van der Waals surface area contributed by atoms with Crippen molar-refractivity contribution in [3.63, 3.8) is 0 Å². The molecule has 2 rings (SSSR count). The van der Waals surface area contributed by atoms with Gasteiger partial charge in [0.05, 0.1) is 6.04 Å². The quantitative estimate of drug-likeness (QED) is 0.596. The summed E-state index contributed by atoms with van der Waals surface area (Å²) >= 11 is -1.16. The van der Waals surface area contributed by atoms with Crippen molar-refractivity contribution in [3.8, 4) is 11.4 Å². The summed E-state index contributed by atoms with van der Waals surface area (Å²) < 4.78 is 15.1. The summed E-state index contributed by atoms with van der Waals surface area (Å²) in [6.07, 6.45) is 3.47. The van der Waals surface area contributed by atoms with Crippen LogP contribution in [-0.2, 0) is 11.4 Å². The lowest BCUT2D eigenvalue weighted by Gasteiger charge is -2.27. The number of nitrogens with two attached hydrogens (primary N) is 1. The van der Waals surface area contributed by atoms with Crippen molar-refractivity contribution in [1.82, 2.24) is 14.7 Å². The molecule has 1 aromatic heterocycles. The molecule has 2 atom stereocenters. The Hall–Kier alpha value is -1.50. The van der Waals surface area contributed by atoms with Gasteiger partial charge in [-0.3, -0.25) is 0 Å². The van der Waals surface area contributed by atoms with Crippen molar-refractivity contribution < 1.29 is 4.55 Å². The van der Waals surface area contributed by atoms with Crippen molar-refractivity contribution in [2.45, 2.75) is 45.4 Å². The fourth-order valence-electron chi connectivity index (χ4n) is 2.19. The zero-order valence-electron chi connectivity index (χ0n) is 13.7. The standard InChI is InChI=1S/C16H24N4OS/c1-10-8-12(11(2)20-22(21)16(3,4)5)14(17)13(9-10)15-18-6-7-19-15/h6-9,11,20H,17H2,1-5H3,(H,18,19)/t11?,22-/m1/s1. The number of aromatic nitrogens is 2. The van der Waals surface area contributed by atoms with E-state index in [-0.39, 0.29) is 10.8 Å². The minimum atomic E-state index is -1.16. The second-order valence-electron chi connectivity index (χ2n) is 6.47. The second kappa shape index (κ2) is 6.32. The number of imidazole rings is 1. The van der Waals surface area contributed by atoms with Crippen LogP contribution in [0, 0.1) is 6.92 Å². The fraction of sp³-hybridized carbons (Fsp3) is 0.438. The first-order valence-corrected chi connectivity index (χ1v) is 8.43. The van der Waals surface area contributed by atoms with Crippen LogP contribution < -0.4 is 10.5 Å². The van der Waals surface area contributed by atoms with Crippen molar-refractivity contribution >= 4 is 17.0 Å².